The highest BCUT2D eigenvalue weighted by Gasteiger charge is 2.32. The molecule has 0 aliphatic carbocycles. The van der Waals surface area contributed by atoms with Gasteiger partial charge >= 0.3 is 6.09 Å². The molecule has 2 atom stereocenters. The van der Waals surface area contributed by atoms with Crippen LogP contribution >= 0.6 is 11.6 Å². The molecule has 3 N–H and O–H groups in total. The van der Waals surface area contributed by atoms with E-state index >= 15 is 0 Å². The molecule has 32 heavy (non-hydrogen) atoms. The maximum atomic E-state index is 11.5. The van der Waals surface area contributed by atoms with Crippen LogP contribution in [0.4, 0.5) is 10.6 Å². The lowest BCUT2D eigenvalue weighted by Gasteiger charge is -2.36. The number of ether oxygens (including phenoxy) is 1. The number of hydrogen-bond acceptors (Lipinski definition) is 6. The molecule has 1 fully saturated rings. The molecule has 3 heterocycles. The fraction of sp³-hybridized carbons (Fsp3) is 0.273. The predicted octanol–water partition coefficient (Wildman–Crippen LogP) is 4.55. The van der Waals surface area contributed by atoms with E-state index in [2.05, 4.69) is 16.2 Å². The minimum Gasteiger partial charge on any atom is -0.465 e. The van der Waals surface area contributed by atoms with Gasteiger partial charge in [0.2, 0.25) is 5.88 Å². The molecule has 1 amide bonds. The number of pyridine rings is 1. The van der Waals surface area contributed by atoms with Gasteiger partial charge in [-0.25, -0.2) is 14.5 Å². The Labute approximate surface area is 189 Å². The standard InChI is InChI=1S/C22H21ClN6O3/c1-13-2-6-16(12-28(13)22(30)31)29-21(25)18(10-24)20(27-29)14-3-7-17(8-4-14)32-19-9-5-15(23)11-26-19/h3-5,7-9,11,13,16H,2,6,12,25H2,1H3,(H,30,31). The Kier molecular flexibility index (Phi) is 5.88. The van der Waals surface area contributed by atoms with E-state index < -0.39 is 6.09 Å². The number of nitrogen functional groups attached to an aromatic ring is 1. The normalized spacial score (nSPS) is 18.2. The van der Waals surface area contributed by atoms with Crippen molar-refractivity contribution in [1.82, 2.24) is 19.7 Å². The van der Waals surface area contributed by atoms with E-state index in [1.807, 2.05) is 6.92 Å². The number of anilines is 1. The number of benzene rings is 1. The van der Waals surface area contributed by atoms with Crippen molar-refractivity contribution in [1.29, 1.82) is 5.26 Å². The highest BCUT2D eigenvalue weighted by molar-refractivity contribution is 6.30. The van der Waals surface area contributed by atoms with Crippen LogP contribution < -0.4 is 10.5 Å². The number of likely N-dealkylation sites (tertiary alicyclic amines) is 1. The molecular weight excluding hydrogens is 432 g/mol. The largest absolute Gasteiger partial charge is 0.465 e. The van der Waals surface area contributed by atoms with Crippen LogP contribution in [-0.4, -0.2) is 43.5 Å². The fourth-order valence-corrected chi connectivity index (χ4v) is 3.93. The van der Waals surface area contributed by atoms with Gasteiger partial charge in [-0.15, -0.1) is 0 Å². The number of nitrogens with two attached hydrogens (primary N) is 1. The first-order valence-corrected chi connectivity index (χ1v) is 10.4. The molecule has 0 radical (unpaired) electrons. The van der Waals surface area contributed by atoms with E-state index in [0.717, 1.165) is 6.42 Å². The summed E-state index contributed by atoms with van der Waals surface area (Å²) in [5.41, 5.74) is 7.66. The van der Waals surface area contributed by atoms with Crippen molar-refractivity contribution in [3.05, 3.63) is 53.2 Å². The number of halogens is 1. The van der Waals surface area contributed by atoms with Crippen molar-refractivity contribution >= 4 is 23.5 Å². The molecule has 164 valence electrons. The van der Waals surface area contributed by atoms with E-state index in [1.54, 1.807) is 41.1 Å². The molecule has 3 aromatic rings. The zero-order valence-corrected chi connectivity index (χ0v) is 18.0. The molecular formula is C22H21ClN6O3. The van der Waals surface area contributed by atoms with E-state index in [-0.39, 0.29) is 30.0 Å². The lowest BCUT2D eigenvalue weighted by molar-refractivity contribution is 0.0926. The van der Waals surface area contributed by atoms with Gasteiger partial charge in [0.1, 0.15) is 28.9 Å². The van der Waals surface area contributed by atoms with Crippen molar-refractivity contribution in [3.8, 4) is 29.0 Å². The zero-order valence-electron chi connectivity index (χ0n) is 17.3. The maximum absolute atomic E-state index is 11.5. The first-order valence-electron chi connectivity index (χ1n) is 10.0. The van der Waals surface area contributed by atoms with E-state index in [0.29, 0.717) is 34.3 Å². The predicted molar refractivity (Wildman–Crippen MR) is 119 cm³/mol. The Balaban J connectivity index is 1.59. The van der Waals surface area contributed by atoms with Gasteiger partial charge in [-0.3, -0.25) is 0 Å². The van der Waals surface area contributed by atoms with Gasteiger partial charge in [-0.1, -0.05) is 11.6 Å². The van der Waals surface area contributed by atoms with Gasteiger partial charge in [-0.05, 0) is 50.1 Å². The number of rotatable bonds is 4. The molecule has 2 aromatic heterocycles. The lowest BCUT2D eigenvalue weighted by Crippen LogP contribution is -2.45. The number of carbonyl (C=O) groups is 1. The van der Waals surface area contributed by atoms with Crippen molar-refractivity contribution in [2.45, 2.75) is 31.8 Å². The van der Waals surface area contributed by atoms with Crippen molar-refractivity contribution in [2.24, 2.45) is 0 Å². The van der Waals surface area contributed by atoms with Gasteiger partial charge in [-0.2, -0.15) is 10.4 Å². The van der Waals surface area contributed by atoms with Crippen LogP contribution in [0.2, 0.25) is 5.02 Å². The van der Waals surface area contributed by atoms with Gasteiger partial charge in [0, 0.05) is 30.4 Å². The van der Waals surface area contributed by atoms with Crippen LogP contribution in [0.5, 0.6) is 11.6 Å². The van der Waals surface area contributed by atoms with Gasteiger partial charge in [0.15, 0.2) is 0 Å². The van der Waals surface area contributed by atoms with Crippen LogP contribution in [0, 0.1) is 11.3 Å². The molecule has 2 unspecified atom stereocenters. The van der Waals surface area contributed by atoms with Crippen LogP contribution in [0.15, 0.2) is 42.6 Å². The summed E-state index contributed by atoms with van der Waals surface area (Å²) in [4.78, 5) is 17.0. The van der Waals surface area contributed by atoms with Crippen molar-refractivity contribution in [3.63, 3.8) is 0 Å². The minimum absolute atomic E-state index is 0.0712. The summed E-state index contributed by atoms with van der Waals surface area (Å²) < 4.78 is 7.28. The van der Waals surface area contributed by atoms with Crippen molar-refractivity contribution < 1.29 is 14.6 Å². The molecule has 1 aromatic carbocycles. The molecule has 0 spiro atoms. The van der Waals surface area contributed by atoms with Crippen LogP contribution in [0.1, 0.15) is 31.4 Å². The SMILES string of the molecule is CC1CCC(n2nc(-c3ccc(Oc4ccc(Cl)cn4)cc3)c(C#N)c2N)CN1C(=O)O. The monoisotopic (exact) mass is 452 g/mol. The summed E-state index contributed by atoms with van der Waals surface area (Å²) in [6.07, 6.45) is 1.94. The van der Waals surface area contributed by atoms with E-state index in [9.17, 15) is 15.2 Å². The highest BCUT2D eigenvalue weighted by Crippen LogP contribution is 2.34. The number of nitrogens with zero attached hydrogens (tertiary/aromatic N) is 5. The Hall–Kier alpha value is -3.77. The molecule has 1 aliphatic rings. The average Bonchev–Trinajstić information content (AvgIpc) is 3.12. The number of nitriles is 1. The van der Waals surface area contributed by atoms with E-state index in [1.165, 1.54) is 11.1 Å². The summed E-state index contributed by atoms with van der Waals surface area (Å²) in [5, 5.41) is 24.3. The highest BCUT2D eigenvalue weighted by atomic mass is 35.5. The fourth-order valence-electron chi connectivity index (χ4n) is 3.82. The molecule has 4 rings (SSSR count). The van der Waals surface area contributed by atoms with Gasteiger partial charge < -0.3 is 20.5 Å². The number of amides is 1. The Bertz CT molecular complexity index is 1170. The third kappa shape index (κ3) is 4.18. The summed E-state index contributed by atoms with van der Waals surface area (Å²) in [6.45, 7) is 2.15. The molecule has 10 heteroatoms. The number of hydrogen-bond donors (Lipinski definition) is 2. The second-order valence-corrected chi connectivity index (χ2v) is 8.06. The van der Waals surface area contributed by atoms with Crippen LogP contribution in [0.3, 0.4) is 0 Å². The van der Waals surface area contributed by atoms with Gasteiger partial charge in [0.25, 0.3) is 0 Å². The quantitative estimate of drug-likeness (QED) is 0.593. The smallest absolute Gasteiger partial charge is 0.407 e. The average molecular weight is 453 g/mol. The summed E-state index contributed by atoms with van der Waals surface area (Å²) in [7, 11) is 0. The number of carboxylic acid groups (broad SMARTS) is 1. The molecule has 1 saturated heterocycles. The van der Waals surface area contributed by atoms with Crippen LogP contribution in [0.25, 0.3) is 11.3 Å². The topological polar surface area (TPSA) is 130 Å². The first kappa shape index (κ1) is 21.5. The third-order valence-electron chi connectivity index (χ3n) is 5.56. The second kappa shape index (κ2) is 8.77. The lowest BCUT2D eigenvalue weighted by atomic mass is 10.00. The van der Waals surface area contributed by atoms with E-state index in [4.69, 9.17) is 22.1 Å². The number of aromatic nitrogens is 3. The maximum Gasteiger partial charge on any atom is 0.407 e. The number of piperidine rings is 1. The third-order valence-corrected chi connectivity index (χ3v) is 5.78. The summed E-state index contributed by atoms with van der Waals surface area (Å²) in [6, 6.07) is 12.2. The Morgan fingerprint density at radius 3 is 2.66 bits per heavy atom. The molecule has 0 saturated carbocycles. The Morgan fingerprint density at radius 2 is 2.03 bits per heavy atom. The molecule has 1 aliphatic heterocycles. The first-order chi connectivity index (χ1) is 15.4. The van der Waals surface area contributed by atoms with Gasteiger partial charge in [0.05, 0.1) is 11.1 Å². The molecule has 0 bridgehead atoms. The molecule has 9 nitrogen and oxygen atoms in total. The van der Waals surface area contributed by atoms with Crippen LogP contribution in [-0.2, 0) is 0 Å². The second-order valence-electron chi connectivity index (χ2n) is 7.62. The van der Waals surface area contributed by atoms with Crippen molar-refractivity contribution in [2.75, 3.05) is 12.3 Å². The summed E-state index contributed by atoms with van der Waals surface area (Å²) >= 11 is 5.84. The minimum atomic E-state index is -0.973. The zero-order chi connectivity index (χ0) is 22.8. The Morgan fingerprint density at radius 1 is 1.28 bits per heavy atom. The summed E-state index contributed by atoms with van der Waals surface area (Å²) in [5.74, 6) is 1.20.